The van der Waals surface area contributed by atoms with E-state index in [2.05, 4.69) is 9.97 Å². The molecule has 2 aromatic rings. The van der Waals surface area contributed by atoms with Crippen molar-refractivity contribution in [2.75, 3.05) is 21.3 Å². The average Bonchev–Trinajstić information content (AvgIpc) is 2.46. The highest BCUT2D eigenvalue weighted by Crippen LogP contribution is 2.30. The van der Waals surface area contributed by atoms with Crippen LogP contribution in [0.1, 0.15) is 0 Å². The molecule has 1 aromatic carbocycles. The second kappa shape index (κ2) is 5.35. The van der Waals surface area contributed by atoms with Crippen LogP contribution < -0.4 is 14.2 Å². The van der Waals surface area contributed by atoms with E-state index in [1.807, 2.05) is 24.3 Å². The molecule has 0 saturated carbocycles. The summed E-state index contributed by atoms with van der Waals surface area (Å²) in [6.07, 6.45) is 1.67. The average molecular weight is 246 g/mol. The second-order valence-electron chi connectivity index (χ2n) is 3.51. The molecule has 2 rings (SSSR count). The Morgan fingerprint density at radius 3 is 2.50 bits per heavy atom. The number of methoxy groups -OCH3 is 3. The largest absolute Gasteiger partial charge is 0.497 e. The fraction of sp³-hybridized carbons (Fsp3) is 0.231. The van der Waals surface area contributed by atoms with E-state index in [0.717, 1.165) is 16.9 Å². The fourth-order valence-corrected chi connectivity index (χ4v) is 1.59. The summed E-state index contributed by atoms with van der Waals surface area (Å²) < 4.78 is 15.4. The molecule has 18 heavy (non-hydrogen) atoms. The zero-order valence-electron chi connectivity index (χ0n) is 10.5. The molecular formula is C13H14N2O3. The molecule has 0 spiro atoms. The Hall–Kier alpha value is -2.30. The zero-order chi connectivity index (χ0) is 13.0. The predicted molar refractivity (Wildman–Crippen MR) is 67.1 cm³/mol. The van der Waals surface area contributed by atoms with Crippen LogP contribution in [0.4, 0.5) is 0 Å². The molecule has 0 bridgehead atoms. The lowest BCUT2D eigenvalue weighted by Crippen LogP contribution is -1.97. The third-order valence-electron chi connectivity index (χ3n) is 2.49. The first-order valence-corrected chi connectivity index (χ1v) is 5.38. The Labute approximate surface area is 105 Å². The van der Waals surface area contributed by atoms with Gasteiger partial charge >= 0.3 is 6.01 Å². The van der Waals surface area contributed by atoms with Gasteiger partial charge in [-0.2, -0.15) is 4.98 Å². The number of benzene rings is 1. The van der Waals surface area contributed by atoms with Gasteiger partial charge in [-0.1, -0.05) is 12.1 Å². The van der Waals surface area contributed by atoms with Crippen LogP contribution in [0.15, 0.2) is 30.5 Å². The van der Waals surface area contributed by atoms with Crippen LogP contribution >= 0.6 is 0 Å². The van der Waals surface area contributed by atoms with Crippen LogP contribution in [-0.4, -0.2) is 31.3 Å². The molecule has 0 atom stereocenters. The van der Waals surface area contributed by atoms with Gasteiger partial charge in [0.25, 0.3) is 0 Å². The maximum Gasteiger partial charge on any atom is 0.319 e. The van der Waals surface area contributed by atoms with Crippen molar-refractivity contribution in [2.24, 2.45) is 0 Å². The Balaban J connectivity index is 2.48. The molecule has 94 valence electrons. The lowest BCUT2D eigenvalue weighted by molar-refractivity contribution is 0.353. The molecule has 0 radical (unpaired) electrons. The molecule has 0 N–H and O–H groups in total. The first-order chi connectivity index (χ1) is 8.78. The zero-order valence-corrected chi connectivity index (χ0v) is 10.5. The third kappa shape index (κ3) is 2.34. The van der Waals surface area contributed by atoms with Gasteiger partial charge in [-0.3, -0.25) is 0 Å². The number of hydrogen-bond donors (Lipinski definition) is 0. The molecule has 0 aliphatic rings. The standard InChI is InChI=1S/C13H14N2O3/c1-16-10-6-4-5-9(7-10)11-8-14-13(18-3)15-12(11)17-2/h4-8H,1-3H3. The van der Waals surface area contributed by atoms with E-state index < -0.39 is 0 Å². The summed E-state index contributed by atoms with van der Waals surface area (Å²) in [4.78, 5) is 8.23. The summed E-state index contributed by atoms with van der Waals surface area (Å²) >= 11 is 0. The van der Waals surface area contributed by atoms with Gasteiger partial charge in [-0.05, 0) is 17.7 Å². The smallest absolute Gasteiger partial charge is 0.319 e. The van der Waals surface area contributed by atoms with E-state index in [0.29, 0.717) is 5.88 Å². The van der Waals surface area contributed by atoms with E-state index in [4.69, 9.17) is 14.2 Å². The van der Waals surface area contributed by atoms with Crippen molar-refractivity contribution in [1.82, 2.24) is 9.97 Å². The van der Waals surface area contributed by atoms with E-state index >= 15 is 0 Å². The van der Waals surface area contributed by atoms with Gasteiger partial charge in [0.05, 0.1) is 26.9 Å². The lowest BCUT2D eigenvalue weighted by Gasteiger charge is -2.09. The van der Waals surface area contributed by atoms with Crippen LogP contribution in [0.2, 0.25) is 0 Å². The maximum absolute atomic E-state index is 5.24. The minimum absolute atomic E-state index is 0.276. The van der Waals surface area contributed by atoms with Crippen molar-refractivity contribution >= 4 is 0 Å². The van der Waals surface area contributed by atoms with Crippen LogP contribution in [0.25, 0.3) is 11.1 Å². The third-order valence-corrected chi connectivity index (χ3v) is 2.49. The predicted octanol–water partition coefficient (Wildman–Crippen LogP) is 2.17. The van der Waals surface area contributed by atoms with Crippen LogP contribution in [-0.2, 0) is 0 Å². The molecule has 0 unspecified atom stereocenters. The number of rotatable bonds is 4. The highest BCUT2D eigenvalue weighted by Gasteiger charge is 2.10. The molecule has 0 aliphatic heterocycles. The van der Waals surface area contributed by atoms with Crippen LogP contribution in [0.3, 0.4) is 0 Å². The molecule has 1 aromatic heterocycles. The van der Waals surface area contributed by atoms with Crippen LogP contribution in [0, 0.1) is 0 Å². The lowest BCUT2D eigenvalue weighted by atomic mass is 10.1. The molecule has 0 amide bonds. The summed E-state index contributed by atoms with van der Waals surface area (Å²) in [5.41, 5.74) is 1.71. The molecule has 5 heteroatoms. The SMILES string of the molecule is COc1cccc(-c2cnc(OC)nc2OC)c1. The Morgan fingerprint density at radius 2 is 1.83 bits per heavy atom. The Morgan fingerprint density at radius 1 is 1.00 bits per heavy atom. The van der Waals surface area contributed by atoms with Gasteiger partial charge in [-0.15, -0.1) is 0 Å². The van der Waals surface area contributed by atoms with E-state index in [-0.39, 0.29) is 6.01 Å². The minimum atomic E-state index is 0.276. The van der Waals surface area contributed by atoms with E-state index in [1.54, 1.807) is 20.4 Å². The van der Waals surface area contributed by atoms with Crippen molar-refractivity contribution < 1.29 is 14.2 Å². The molecule has 0 saturated heterocycles. The molecule has 0 aliphatic carbocycles. The number of ether oxygens (including phenoxy) is 3. The summed E-state index contributed by atoms with van der Waals surface area (Å²) in [6.45, 7) is 0. The van der Waals surface area contributed by atoms with Gasteiger partial charge in [0.15, 0.2) is 0 Å². The Kier molecular flexibility index (Phi) is 3.62. The Bertz CT molecular complexity index is 544. The van der Waals surface area contributed by atoms with Gasteiger partial charge in [0, 0.05) is 6.20 Å². The normalized spacial score (nSPS) is 9.94. The van der Waals surface area contributed by atoms with E-state index in [1.165, 1.54) is 7.11 Å². The number of nitrogens with zero attached hydrogens (tertiary/aromatic N) is 2. The van der Waals surface area contributed by atoms with E-state index in [9.17, 15) is 0 Å². The first-order valence-electron chi connectivity index (χ1n) is 5.38. The maximum atomic E-state index is 5.24. The van der Waals surface area contributed by atoms with Gasteiger partial charge in [0.1, 0.15) is 5.75 Å². The summed E-state index contributed by atoms with van der Waals surface area (Å²) in [5, 5.41) is 0. The molecular weight excluding hydrogens is 232 g/mol. The highest BCUT2D eigenvalue weighted by atomic mass is 16.5. The topological polar surface area (TPSA) is 53.5 Å². The summed E-state index contributed by atoms with van der Waals surface area (Å²) in [5.74, 6) is 1.24. The van der Waals surface area contributed by atoms with Crippen molar-refractivity contribution in [2.45, 2.75) is 0 Å². The number of aromatic nitrogens is 2. The second-order valence-corrected chi connectivity index (χ2v) is 3.51. The molecule has 0 fully saturated rings. The van der Waals surface area contributed by atoms with Gasteiger partial charge in [0.2, 0.25) is 5.88 Å². The van der Waals surface area contributed by atoms with Crippen molar-refractivity contribution in [3.63, 3.8) is 0 Å². The molecule has 5 nitrogen and oxygen atoms in total. The van der Waals surface area contributed by atoms with Gasteiger partial charge < -0.3 is 14.2 Å². The van der Waals surface area contributed by atoms with Gasteiger partial charge in [-0.25, -0.2) is 4.98 Å². The number of hydrogen-bond acceptors (Lipinski definition) is 5. The minimum Gasteiger partial charge on any atom is -0.497 e. The van der Waals surface area contributed by atoms with Crippen LogP contribution in [0.5, 0.6) is 17.6 Å². The fourth-order valence-electron chi connectivity index (χ4n) is 1.59. The first kappa shape index (κ1) is 12.2. The van der Waals surface area contributed by atoms with Crippen molar-refractivity contribution in [3.8, 4) is 28.8 Å². The summed E-state index contributed by atoms with van der Waals surface area (Å²) in [6, 6.07) is 7.89. The molecule has 1 heterocycles. The van der Waals surface area contributed by atoms with Crippen molar-refractivity contribution in [1.29, 1.82) is 0 Å². The quantitative estimate of drug-likeness (QED) is 0.827. The van der Waals surface area contributed by atoms with Crippen molar-refractivity contribution in [3.05, 3.63) is 30.5 Å². The highest BCUT2D eigenvalue weighted by molar-refractivity contribution is 5.69. The summed E-state index contributed by atoms with van der Waals surface area (Å²) in [7, 11) is 4.70. The monoisotopic (exact) mass is 246 g/mol.